The van der Waals surface area contributed by atoms with Gasteiger partial charge >= 0.3 is 0 Å². The molecule has 1 saturated carbocycles. The standard InChI is InChI=1S/C19H25N3O4/c1-2-15(24)22-14-9-21-13(7-4-8-16(21)25)18(22)17(12(14)10-23)19(26)20-11-5-3-6-11/h4,7-8,11-12,14,17-18,23H,2-3,5-6,9-10H2,1H3,(H,20,26)/t12-,14-,17+,18+/m0/s1. The number of carbonyl (C=O) groups is 2. The van der Waals surface area contributed by atoms with Crippen LogP contribution in [0.3, 0.4) is 0 Å². The van der Waals surface area contributed by atoms with Gasteiger partial charge < -0.3 is 19.9 Å². The SMILES string of the molecule is CCC(=O)N1[C@@H]2c3cccc(=O)n3C[C@H]1[C@H](CO)[C@H]2C(=O)NC1CCC1. The summed E-state index contributed by atoms with van der Waals surface area (Å²) in [4.78, 5) is 39.8. The highest BCUT2D eigenvalue weighted by Crippen LogP contribution is 2.48. The number of aliphatic hydroxyl groups is 1. The first kappa shape index (κ1) is 17.3. The number of aromatic nitrogens is 1. The third-order valence-electron chi connectivity index (χ3n) is 6.26. The van der Waals surface area contributed by atoms with Crippen LogP contribution in [0.15, 0.2) is 23.0 Å². The van der Waals surface area contributed by atoms with Crippen LogP contribution in [0.2, 0.25) is 0 Å². The normalized spacial score (nSPS) is 29.8. The number of hydrogen-bond acceptors (Lipinski definition) is 4. The van der Waals surface area contributed by atoms with Crippen molar-refractivity contribution in [1.29, 1.82) is 0 Å². The maximum Gasteiger partial charge on any atom is 0.250 e. The minimum Gasteiger partial charge on any atom is -0.396 e. The van der Waals surface area contributed by atoms with Crippen molar-refractivity contribution in [2.75, 3.05) is 6.61 Å². The molecule has 0 radical (unpaired) electrons. The number of fused-ring (bicyclic) bond motifs is 4. The van der Waals surface area contributed by atoms with Crippen molar-refractivity contribution in [2.45, 2.75) is 57.3 Å². The van der Waals surface area contributed by atoms with Crippen LogP contribution in [0.1, 0.15) is 44.3 Å². The van der Waals surface area contributed by atoms with Crippen molar-refractivity contribution in [1.82, 2.24) is 14.8 Å². The molecule has 1 aromatic rings. The molecule has 1 saturated heterocycles. The van der Waals surface area contributed by atoms with Gasteiger partial charge in [0.1, 0.15) is 0 Å². The zero-order valence-electron chi connectivity index (χ0n) is 14.9. The fourth-order valence-corrected chi connectivity index (χ4v) is 4.73. The van der Waals surface area contributed by atoms with Gasteiger partial charge in [0.05, 0.1) is 18.0 Å². The molecule has 7 heteroatoms. The van der Waals surface area contributed by atoms with E-state index in [1.54, 1.807) is 22.5 Å². The van der Waals surface area contributed by atoms with E-state index in [1.165, 1.54) is 6.07 Å². The molecule has 7 nitrogen and oxygen atoms in total. The number of pyridine rings is 1. The highest BCUT2D eigenvalue weighted by atomic mass is 16.3. The summed E-state index contributed by atoms with van der Waals surface area (Å²) in [6.45, 7) is 1.95. The summed E-state index contributed by atoms with van der Waals surface area (Å²) in [6, 6.07) is 4.36. The van der Waals surface area contributed by atoms with Crippen LogP contribution >= 0.6 is 0 Å². The third-order valence-corrected chi connectivity index (χ3v) is 6.26. The first-order valence-corrected chi connectivity index (χ1v) is 9.49. The molecule has 2 bridgehead atoms. The molecule has 4 rings (SSSR count). The number of nitrogens with one attached hydrogen (secondary N) is 1. The van der Waals surface area contributed by atoms with E-state index in [0.29, 0.717) is 18.7 Å². The van der Waals surface area contributed by atoms with Crippen LogP contribution in [-0.2, 0) is 16.1 Å². The van der Waals surface area contributed by atoms with Crippen molar-refractivity contribution in [3.05, 3.63) is 34.2 Å². The highest BCUT2D eigenvalue weighted by Gasteiger charge is 2.57. The van der Waals surface area contributed by atoms with Crippen molar-refractivity contribution in [2.24, 2.45) is 11.8 Å². The molecular weight excluding hydrogens is 334 g/mol. The minimum atomic E-state index is -0.531. The lowest BCUT2D eigenvalue weighted by Gasteiger charge is -2.38. The van der Waals surface area contributed by atoms with Gasteiger partial charge in [0.2, 0.25) is 11.8 Å². The van der Waals surface area contributed by atoms with E-state index >= 15 is 0 Å². The molecule has 2 fully saturated rings. The molecule has 2 aliphatic heterocycles. The summed E-state index contributed by atoms with van der Waals surface area (Å²) < 4.78 is 1.66. The maximum atomic E-state index is 13.1. The lowest BCUT2D eigenvalue weighted by atomic mass is 9.85. The zero-order chi connectivity index (χ0) is 18.4. The van der Waals surface area contributed by atoms with Gasteiger partial charge in [-0.2, -0.15) is 0 Å². The Balaban J connectivity index is 1.78. The Kier molecular flexibility index (Phi) is 4.34. The predicted molar refractivity (Wildman–Crippen MR) is 94.2 cm³/mol. The lowest BCUT2D eigenvalue weighted by molar-refractivity contribution is -0.136. The summed E-state index contributed by atoms with van der Waals surface area (Å²) in [6.07, 6.45) is 3.40. The minimum absolute atomic E-state index is 0.0417. The average molecular weight is 359 g/mol. The van der Waals surface area contributed by atoms with Gasteiger partial charge in [0.25, 0.3) is 5.56 Å². The summed E-state index contributed by atoms with van der Waals surface area (Å²) in [7, 11) is 0. The fourth-order valence-electron chi connectivity index (χ4n) is 4.73. The monoisotopic (exact) mass is 359 g/mol. The van der Waals surface area contributed by atoms with E-state index < -0.39 is 12.0 Å². The van der Waals surface area contributed by atoms with Crippen LogP contribution in [0.4, 0.5) is 0 Å². The maximum absolute atomic E-state index is 13.1. The van der Waals surface area contributed by atoms with E-state index in [2.05, 4.69) is 5.32 Å². The largest absolute Gasteiger partial charge is 0.396 e. The molecule has 140 valence electrons. The van der Waals surface area contributed by atoms with Crippen LogP contribution in [-0.4, -0.2) is 45.1 Å². The zero-order valence-corrected chi connectivity index (χ0v) is 14.9. The Morgan fingerprint density at radius 2 is 2.08 bits per heavy atom. The molecule has 26 heavy (non-hydrogen) atoms. The predicted octanol–water partition coefficient (Wildman–Crippen LogP) is 0.417. The number of aliphatic hydroxyl groups excluding tert-OH is 1. The molecular formula is C19H25N3O4. The second kappa shape index (κ2) is 6.54. The number of hydrogen-bond donors (Lipinski definition) is 2. The van der Waals surface area contributed by atoms with Crippen LogP contribution in [0.25, 0.3) is 0 Å². The molecule has 1 aromatic heterocycles. The lowest BCUT2D eigenvalue weighted by Crippen LogP contribution is -2.49. The quantitative estimate of drug-likeness (QED) is 0.815. The summed E-state index contributed by atoms with van der Waals surface area (Å²) >= 11 is 0. The van der Waals surface area contributed by atoms with Gasteiger partial charge in [0, 0.05) is 43.3 Å². The van der Waals surface area contributed by atoms with Crippen molar-refractivity contribution < 1.29 is 14.7 Å². The first-order chi connectivity index (χ1) is 12.6. The van der Waals surface area contributed by atoms with Crippen LogP contribution in [0.5, 0.6) is 0 Å². The Morgan fingerprint density at radius 1 is 1.31 bits per heavy atom. The van der Waals surface area contributed by atoms with Gasteiger partial charge in [-0.1, -0.05) is 13.0 Å². The molecule has 4 atom stereocenters. The van der Waals surface area contributed by atoms with E-state index in [1.807, 2.05) is 6.07 Å². The Morgan fingerprint density at radius 3 is 2.69 bits per heavy atom. The molecule has 2 N–H and O–H groups in total. The van der Waals surface area contributed by atoms with Gasteiger partial charge in [-0.05, 0) is 25.3 Å². The van der Waals surface area contributed by atoms with Gasteiger partial charge in [0.15, 0.2) is 0 Å². The summed E-state index contributed by atoms with van der Waals surface area (Å²) in [5.41, 5.74) is 0.568. The number of carbonyl (C=O) groups excluding carboxylic acids is 2. The van der Waals surface area contributed by atoms with E-state index in [9.17, 15) is 19.5 Å². The van der Waals surface area contributed by atoms with E-state index in [4.69, 9.17) is 0 Å². The Bertz CT molecular complexity index is 785. The average Bonchev–Trinajstić information content (AvgIpc) is 2.85. The van der Waals surface area contributed by atoms with Crippen LogP contribution < -0.4 is 10.9 Å². The second-order valence-corrected chi connectivity index (χ2v) is 7.57. The van der Waals surface area contributed by atoms with Gasteiger partial charge in [-0.3, -0.25) is 14.4 Å². The third kappa shape index (κ3) is 2.48. The molecule has 0 aromatic carbocycles. The Hall–Kier alpha value is -2.15. The van der Waals surface area contributed by atoms with Gasteiger partial charge in [-0.15, -0.1) is 0 Å². The summed E-state index contributed by atoms with van der Waals surface area (Å²) in [5.74, 6) is -1.05. The smallest absolute Gasteiger partial charge is 0.250 e. The van der Waals surface area contributed by atoms with Crippen molar-refractivity contribution in [3.8, 4) is 0 Å². The topological polar surface area (TPSA) is 91.6 Å². The number of amides is 2. The molecule has 0 unspecified atom stereocenters. The van der Waals surface area contributed by atoms with E-state index in [-0.39, 0.29) is 42.0 Å². The molecule has 1 aliphatic carbocycles. The van der Waals surface area contributed by atoms with Crippen LogP contribution in [0, 0.1) is 11.8 Å². The summed E-state index contributed by atoms with van der Waals surface area (Å²) in [5, 5.41) is 13.1. The molecule has 0 spiro atoms. The first-order valence-electron chi connectivity index (χ1n) is 9.49. The molecule has 2 amide bonds. The number of nitrogens with zero attached hydrogens (tertiary/aromatic N) is 2. The number of rotatable bonds is 4. The van der Waals surface area contributed by atoms with Crippen molar-refractivity contribution >= 4 is 11.8 Å². The highest BCUT2D eigenvalue weighted by molar-refractivity contribution is 5.84. The van der Waals surface area contributed by atoms with Crippen molar-refractivity contribution in [3.63, 3.8) is 0 Å². The Labute approximate surface area is 152 Å². The molecule has 3 aliphatic rings. The molecule has 3 heterocycles. The second-order valence-electron chi connectivity index (χ2n) is 7.57. The van der Waals surface area contributed by atoms with E-state index in [0.717, 1.165) is 19.3 Å². The fraction of sp³-hybridized carbons (Fsp3) is 0.632. The van der Waals surface area contributed by atoms with Gasteiger partial charge in [-0.25, -0.2) is 0 Å².